The molecule has 0 spiro atoms. The van der Waals surface area contributed by atoms with Crippen LogP contribution in [0.4, 0.5) is 0 Å². The van der Waals surface area contributed by atoms with Gasteiger partial charge >= 0.3 is 0 Å². The average molecular weight is 333 g/mol. The lowest BCUT2D eigenvalue weighted by atomic mass is 10.0. The maximum Gasteiger partial charge on any atom is 0.236 e. The van der Waals surface area contributed by atoms with E-state index >= 15 is 0 Å². The summed E-state index contributed by atoms with van der Waals surface area (Å²) in [6, 6.07) is 7.97. The number of benzene rings is 1. The molecule has 0 aromatic heterocycles. The molecule has 132 valence electrons. The summed E-state index contributed by atoms with van der Waals surface area (Å²) in [5.41, 5.74) is 1.09. The molecule has 0 bridgehead atoms. The topological polar surface area (TPSA) is 56.3 Å². The molecule has 0 radical (unpaired) electrons. The molecule has 1 aromatic carbocycles. The number of rotatable bonds is 4. The van der Waals surface area contributed by atoms with Crippen LogP contribution in [0, 0.1) is 0 Å². The Bertz CT molecular complexity index is 572. The van der Waals surface area contributed by atoms with Crippen molar-refractivity contribution in [2.45, 2.75) is 18.6 Å². The number of amides is 1. The van der Waals surface area contributed by atoms with Crippen molar-refractivity contribution in [1.29, 1.82) is 0 Å². The number of hydrogen-bond donors (Lipinski definition) is 1. The number of carbonyl (C=O) groups excluding carboxylic acids is 1. The van der Waals surface area contributed by atoms with Crippen molar-refractivity contribution < 1.29 is 14.6 Å². The maximum atomic E-state index is 12.6. The number of carbonyl (C=O) groups is 1. The highest BCUT2D eigenvalue weighted by Gasteiger charge is 2.34. The molecule has 1 amide bonds. The minimum absolute atomic E-state index is 0.0616. The Kier molecular flexibility index (Phi) is 5.38. The summed E-state index contributed by atoms with van der Waals surface area (Å²) in [5, 5.41) is 10.1. The molecule has 2 atom stereocenters. The summed E-state index contributed by atoms with van der Waals surface area (Å²) in [6.45, 7) is 4.33. The lowest BCUT2D eigenvalue weighted by Crippen LogP contribution is -2.50. The Morgan fingerprint density at radius 3 is 2.75 bits per heavy atom. The van der Waals surface area contributed by atoms with Gasteiger partial charge in [0.15, 0.2) is 0 Å². The molecule has 0 unspecified atom stereocenters. The van der Waals surface area contributed by atoms with E-state index in [1.165, 1.54) is 0 Å². The van der Waals surface area contributed by atoms with E-state index in [0.29, 0.717) is 19.5 Å². The van der Waals surface area contributed by atoms with Crippen LogP contribution in [0.2, 0.25) is 0 Å². The highest BCUT2D eigenvalue weighted by atomic mass is 16.5. The first kappa shape index (κ1) is 17.2. The molecule has 0 aliphatic carbocycles. The van der Waals surface area contributed by atoms with Crippen molar-refractivity contribution in [3.05, 3.63) is 29.8 Å². The van der Waals surface area contributed by atoms with Crippen LogP contribution in [0.15, 0.2) is 24.3 Å². The molecule has 6 heteroatoms. The largest absolute Gasteiger partial charge is 0.497 e. The Morgan fingerprint density at radius 1 is 1.29 bits per heavy atom. The second kappa shape index (κ2) is 7.51. The van der Waals surface area contributed by atoms with Gasteiger partial charge in [0.1, 0.15) is 5.75 Å². The molecule has 3 rings (SSSR count). The third-order valence-electron chi connectivity index (χ3n) is 5.05. The van der Waals surface area contributed by atoms with Gasteiger partial charge in [-0.25, -0.2) is 0 Å². The van der Waals surface area contributed by atoms with Crippen LogP contribution in [0.25, 0.3) is 0 Å². The molecular weight excluding hydrogens is 306 g/mol. The number of hydrogen-bond acceptors (Lipinski definition) is 5. The van der Waals surface area contributed by atoms with Gasteiger partial charge in [-0.05, 0) is 31.2 Å². The minimum atomic E-state index is -0.388. The summed E-state index contributed by atoms with van der Waals surface area (Å²) in [4.78, 5) is 18.9. The first-order chi connectivity index (χ1) is 11.6. The Hall–Kier alpha value is -1.63. The average Bonchev–Trinajstić information content (AvgIpc) is 2.96. The monoisotopic (exact) mass is 333 g/mol. The van der Waals surface area contributed by atoms with Gasteiger partial charge in [0.25, 0.3) is 0 Å². The molecular formula is C18H27N3O3. The fraction of sp³-hybridized carbons (Fsp3) is 0.611. The third kappa shape index (κ3) is 3.88. The zero-order chi connectivity index (χ0) is 17.1. The van der Waals surface area contributed by atoms with E-state index in [-0.39, 0.29) is 18.1 Å². The fourth-order valence-corrected chi connectivity index (χ4v) is 3.58. The van der Waals surface area contributed by atoms with E-state index in [1.807, 2.05) is 29.2 Å². The number of aliphatic hydroxyl groups is 1. The van der Waals surface area contributed by atoms with Crippen molar-refractivity contribution in [2.75, 3.05) is 53.4 Å². The van der Waals surface area contributed by atoms with Crippen LogP contribution in [0.1, 0.15) is 18.0 Å². The summed E-state index contributed by atoms with van der Waals surface area (Å²) >= 11 is 0. The van der Waals surface area contributed by atoms with Gasteiger partial charge in [-0.3, -0.25) is 9.69 Å². The molecule has 1 aromatic rings. The van der Waals surface area contributed by atoms with Crippen molar-refractivity contribution in [3.63, 3.8) is 0 Å². The van der Waals surface area contributed by atoms with Crippen molar-refractivity contribution in [3.8, 4) is 5.75 Å². The van der Waals surface area contributed by atoms with E-state index in [0.717, 1.165) is 37.5 Å². The molecule has 2 heterocycles. The maximum absolute atomic E-state index is 12.6. The number of piperazine rings is 1. The second-order valence-corrected chi connectivity index (χ2v) is 6.80. The van der Waals surface area contributed by atoms with Crippen molar-refractivity contribution >= 4 is 5.91 Å². The Balaban J connectivity index is 1.67. The molecule has 2 fully saturated rings. The molecule has 2 aliphatic rings. The van der Waals surface area contributed by atoms with Crippen LogP contribution in [0.5, 0.6) is 5.75 Å². The van der Waals surface area contributed by atoms with Crippen LogP contribution in [-0.4, -0.2) is 85.2 Å². The molecule has 24 heavy (non-hydrogen) atoms. The summed E-state index contributed by atoms with van der Waals surface area (Å²) in [6.07, 6.45) is 0.268. The standard InChI is InChI=1S/C18H27N3O3/c1-19-6-8-20(9-7-19)18(23)13-21-12-15(22)11-17(21)14-4-3-5-16(10-14)24-2/h3-5,10,15,17,22H,6-9,11-13H2,1-2H3/t15-,17+/m1/s1. The third-order valence-corrected chi connectivity index (χ3v) is 5.05. The van der Waals surface area contributed by atoms with Crippen molar-refractivity contribution in [2.24, 2.45) is 0 Å². The fourth-order valence-electron chi connectivity index (χ4n) is 3.58. The zero-order valence-corrected chi connectivity index (χ0v) is 14.5. The Morgan fingerprint density at radius 2 is 2.04 bits per heavy atom. The van der Waals surface area contributed by atoms with Crippen LogP contribution in [-0.2, 0) is 4.79 Å². The van der Waals surface area contributed by atoms with Gasteiger partial charge in [0.2, 0.25) is 5.91 Å². The number of β-amino-alcohol motifs (C(OH)–C–C–N with tert-alkyl or cyclic N) is 1. The van der Waals surface area contributed by atoms with Crippen LogP contribution in [0.3, 0.4) is 0 Å². The highest BCUT2D eigenvalue weighted by molar-refractivity contribution is 5.78. The summed E-state index contributed by atoms with van der Waals surface area (Å²) in [5.74, 6) is 0.962. The van der Waals surface area contributed by atoms with Crippen LogP contribution < -0.4 is 4.74 Å². The Labute approximate surface area is 143 Å². The minimum Gasteiger partial charge on any atom is -0.497 e. The van der Waals surface area contributed by atoms with Gasteiger partial charge in [0.05, 0.1) is 19.8 Å². The van der Waals surface area contributed by atoms with E-state index in [9.17, 15) is 9.90 Å². The molecule has 1 N–H and O–H groups in total. The first-order valence-corrected chi connectivity index (χ1v) is 8.59. The van der Waals surface area contributed by atoms with E-state index in [2.05, 4.69) is 16.8 Å². The van der Waals surface area contributed by atoms with Gasteiger partial charge in [0, 0.05) is 38.8 Å². The quantitative estimate of drug-likeness (QED) is 0.873. The van der Waals surface area contributed by atoms with E-state index < -0.39 is 0 Å². The predicted molar refractivity (Wildman–Crippen MR) is 92.0 cm³/mol. The number of methoxy groups -OCH3 is 1. The highest BCUT2D eigenvalue weighted by Crippen LogP contribution is 2.33. The number of likely N-dealkylation sites (N-methyl/N-ethyl adjacent to an activating group) is 1. The zero-order valence-electron chi connectivity index (χ0n) is 14.5. The normalized spacial score (nSPS) is 25.9. The summed E-state index contributed by atoms with van der Waals surface area (Å²) in [7, 11) is 3.73. The van der Waals surface area contributed by atoms with Gasteiger partial charge in [-0.2, -0.15) is 0 Å². The smallest absolute Gasteiger partial charge is 0.236 e. The van der Waals surface area contributed by atoms with Crippen molar-refractivity contribution in [1.82, 2.24) is 14.7 Å². The van der Waals surface area contributed by atoms with Gasteiger partial charge in [-0.15, -0.1) is 0 Å². The lowest BCUT2D eigenvalue weighted by Gasteiger charge is -2.34. The molecule has 2 saturated heterocycles. The SMILES string of the molecule is COc1cccc([C@@H]2C[C@@H](O)CN2CC(=O)N2CCN(C)CC2)c1. The van der Waals surface area contributed by atoms with E-state index in [1.54, 1.807) is 7.11 Å². The number of likely N-dealkylation sites (tertiary alicyclic amines) is 1. The summed E-state index contributed by atoms with van der Waals surface area (Å²) < 4.78 is 5.30. The molecule has 0 saturated carbocycles. The molecule has 2 aliphatic heterocycles. The molecule has 6 nitrogen and oxygen atoms in total. The van der Waals surface area contributed by atoms with E-state index in [4.69, 9.17) is 4.74 Å². The van der Waals surface area contributed by atoms with Gasteiger partial charge < -0.3 is 19.6 Å². The number of ether oxygens (including phenoxy) is 1. The number of nitrogens with zero attached hydrogens (tertiary/aromatic N) is 3. The second-order valence-electron chi connectivity index (χ2n) is 6.80. The number of aliphatic hydroxyl groups excluding tert-OH is 1. The van der Waals surface area contributed by atoms with Crippen LogP contribution >= 0.6 is 0 Å². The first-order valence-electron chi connectivity index (χ1n) is 8.59. The predicted octanol–water partition coefficient (Wildman–Crippen LogP) is 0.577. The lowest BCUT2D eigenvalue weighted by molar-refractivity contribution is -0.134. The van der Waals surface area contributed by atoms with Gasteiger partial charge in [-0.1, -0.05) is 12.1 Å².